The number of carbonyl (C=O) groups excluding carboxylic acids is 1. The van der Waals surface area contributed by atoms with Gasteiger partial charge in [0, 0.05) is 31.0 Å². The maximum absolute atomic E-state index is 12.3. The number of rotatable bonds is 5. The average molecular weight is 329 g/mol. The van der Waals surface area contributed by atoms with Gasteiger partial charge in [-0.25, -0.2) is 0 Å². The average Bonchev–Trinajstić information content (AvgIpc) is 3.07. The number of aromatic nitrogens is 2. The van der Waals surface area contributed by atoms with Gasteiger partial charge >= 0.3 is 0 Å². The Bertz CT molecular complexity index is 711. The molecular formula is C18H23N3O3. The van der Waals surface area contributed by atoms with Crippen LogP contribution < -0.4 is 4.74 Å². The summed E-state index contributed by atoms with van der Waals surface area (Å²) in [4.78, 5) is 18.7. The highest BCUT2D eigenvalue weighted by molar-refractivity contribution is 5.77. The van der Waals surface area contributed by atoms with Crippen LogP contribution in [0.3, 0.4) is 0 Å². The van der Waals surface area contributed by atoms with Crippen LogP contribution in [0.25, 0.3) is 0 Å². The summed E-state index contributed by atoms with van der Waals surface area (Å²) in [5.74, 6) is 2.64. The van der Waals surface area contributed by atoms with Crippen LogP contribution in [-0.4, -0.2) is 34.6 Å². The molecule has 0 bridgehead atoms. The predicted molar refractivity (Wildman–Crippen MR) is 88.8 cm³/mol. The largest absolute Gasteiger partial charge is 0.496 e. The van der Waals surface area contributed by atoms with Gasteiger partial charge in [0.25, 0.3) is 0 Å². The molecule has 0 aliphatic carbocycles. The highest BCUT2D eigenvalue weighted by Crippen LogP contribution is 2.29. The van der Waals surface area contributed by atoms with Crippen LogP contribution in [0.1, 0.15) is 55.8 Å². The van der Waals surface area contributed by atoms with Crippen molar-refractivity contribution in [2.24, 2.45) is 0 Å². The summed E-state index contributed by atoms with van der Waals surface area (Å²) in [6, 6.07) is 7.78. The summed E-state index contributed by atoms with van der Waals surface area (Å²) >= 11 is 0. The van der Waals surface area contributed by atoms with Crippen LogP contribution in [0, 0.1) is 0 Å². The molecule has 2 heterocycles. The molecule has 1 amide bonds. The lowest BCUT2D eigenvalue weighted by atomic mass is 9.96. The first-order chi connectivity index (χ1) is 11.6. The number of nitrogens with zero attached hydrogens (tertiary/aromatic N) is 3. The van der Waals surface area contributed by atoms with Crippen LogP contribution in [0.5, 0.6) is 5.75 Å². The lowest BCUT2D eigenvalue weighted by Gasteiger charge is -2.31. The monoisotopic (exact) mass is 329 g/mol. The molecule has 3 rings (SSSR count). The Kier molecular flexibility index (Phi) is 4.83. The number of piperidine rings is 1. The number of carbonyl (C=O) groups is 1. The van der Waals surface area contributed by atoms with Crippen molar-refractivity contribution in [3.63, 3.8) is 0 Å². The van der Waals surface area contributed by atoms with E-state index in [1.54, 1.807) is 7.11 Å². The van der Waals surface area contributed by atoms with Gasteiger partial charge in [-0.05, 0) is 12.5 Å². The Morgan fingerprint density at radius 3 is 2.88 bits per heavy atom. The molecule has 24 heavy (non-hydrogen) atoms. The van der Waals surface area contributed by atoms with Crippen molar-refractivity contribution in [1.29, 1.82) is 0 Å². The maximum atomic E-state index is 12.3. The van der Waals surface area contributed by atoms with Gasteiger partial charge < -0.3 is 14.2 Å². The Balaban J connectivity index is 1.74. The fourth-order valence-corrected chi connectivity index (χ4v) is 2.96. The summed E-state index contributed by atoms with van der Waals surface area (Å²) in [5.41, 5.74) is 1.00. The summed E-state index contributed by atoms with van der Waals surface area (Å²) < 4.78 is 10.8. The zero-order valence-corrected chi connectivity index (χ0v) is 14.4. The van der Waals surface area contributed by atoms with E-state index in [0.29, 0.717) is 25.4 Å². The first-order valence-corrected chi connectivity index (χ1v) is 8.31. The molecule has 0 radical (unpaired) electrons. The van der Waals surface area contributed by atoms with E-state index in [-0.39, 0.29) is 17.7 Å². The Hall–Kier alpha value is -2.37. The smallest absolute Gasteiger partial charge is 0.231 e. The van der Waals surface area contributed by atoms with E-state index in [9.17, 15) is 4.79 Å². The minimum Gasteiger partial charge on any atom is -0.496 e. The third kappa shape index (κ3) is 3.42. The number of methoxy groups -OCH3 is 1. The molecule has 1 aliphatic rings. The molecule has 1 fully saturated rings. The van der Waals surface area contributed by atoms with Crippen LogP contribution >= 0.6 is 0 Å². The molecular weight excluding hydrogens is 306 g/mol. The lowest BCUT2D eigenvalue weighted by molar-refractivity contribution is -0.134. The van der Waals surface area contributed by atoms with Crippen molar-refractivity contribution in [3.8, 4) is 5.75 Å². The quantitative estimate of drug-likeness (QED) is 0.843. The fraction of sp³-hybridized carbons (Fsp3) is 0.500. The van der Waals surface area contributed by atoms with E-state index >= 15 is 0 Å². The zero-order valence-electron chi connectivity index (χ0n) is 14.4. The van der Waals surface area contributed by atoms with Crippen molar-refractivity contribution in [3.05, 3.63) is 41.5 Å². The van der Waals surface area contributed by atoms with Gasteiger partial charge in [0.1, 0.15) is 5.75 Å². The predicted octanol–water partition coefficient (Wildman–Crippen LogP) is 3.11. The third-order valence-corrected chi connectivity index (χ3v) is 4.38. The molecule has 6 heteroatoms. The molecule has 6 nitrogen and oxygen atoms in total. The summed E-state index contributed by atoms with van der Waals surface area (Å²) in [6.45, 7) is 5.20. The number of likely N-dealkylation sites (tertiary alicyclic amines) is 1. The highest BCUT2D eigenvalue weighted by atomic mass is 16.5. The number of benzene rings is 1. The molecule has 1 aromatic carbocycles. The lowest BCUT2D eigenvalue weighted by Crippen LogP contribution is -2.38. The Labute approximate surface area is 141 Å². The molecule has 0 unspecified atom stereocenters. The fourth-order valence-electron chi connectivity index (χ4n) is 2.96. The second kappa shape index (κ2) is 7.03. The van der Waals surface area contributed by atoms with Gasteiger partial charge in [0.2, 0.25) is 11.8 Å². The number of para-hydroxylation sites is 1. The topological polar surface area (TPSA) is 68.5 Å². The minimum absolute atomic E-state index is 0.0948. The summed E-state index contributed by atoms with van der Waals surface area (Å²) in [5, 5.41) is 4.04. The second-order valence-electron chi connectivity index (χ2n) is 6.47. The van der Waals surface area contributed by atoms with Gasteiger partial charge in [0.15, 0.2) is 5.82 Å². The normalized spacial score (nSPS) is 18.2. The van der Waals surface area contributed by atoms with Crippen molar-refractivity contribution < 1.29 is 14.1 Å². The molecule has 1 saturated heterocycles. The van der Waals surface area contributed by atoms with E-state index in [4.69, 9.17) is 9.26 Å². The van der Waals surface area contributed by atoms with Crippen LogP contribution in [0.2, 0.25) is 0 Å². The number of hydrogen-bond donors (Lipinski definition) is 0. The first-order valence-electron chi connectivity index (χ1n) is 8.31. The standard InChI is InChI=1S/C18H23N3O3/c1-12(2)17-19-18(24-20-17)14-8-9-16(22)21(11-14)10-13-6-4-5-7-15(13)23-3/h4-7,12,14H,8-11H2,1-3H3/t14-/m0/s1. The molecule has 1 aliphatic heterocycles. The SMILES string of the molecule is COc1ccccc1CN1C[C@@H](c2nc(C(C)C)no2)CCC1=O. The highest BCUT2D eigenvalue weighted by Gasteiger charge is 2.31. The van der Waals surface area contributed by atoms with Crippen LogP contribution in [0.4, 0.5) is 0 Å². The maximum Gasteiger partial charge on any atom is 0.231 e. The summed E-state index contributed by atoms with van der Waals surface area (Å²) in [6.07, 6.45) is 1.25. The summed E-state index contributed by atoms with van der Waals surface area (Å²) in [7, 11) is 1.64. The molecule has 128 valence electrons. The van der Waals surface area contributed by atoms with Gasteiger partial charge in [-0.1, -0.05) is 37.2 Å². The van der Waals surface area contributed by atoms with Gasteiger partial charge in [0.05, 0.1) is 13.0 Å². The van der Waals surface area contributed by atoms with Crippen LogP contribution in [0.15, 0.2) is 28.8 Å². The Morgan fingerprint density at radius 1 is 1.38 bits per heavy atom. The first kappa shape index (κ1) is 16.5. The second-order valence-corrected chi connectivity index (χ2v) is 6.47. The molecule has 0 N–H and O–H groups in total. The molecule has 0 spiro atoms. The van der Waals surface area contributed by atoms with E-state index < -0.39 is 0 Å². The van der Waals surface area contributed by atoms with E-state index in [0.717, 1.165) is 23.6 Å². The van der Waals surface area contributed by atoms with Crippen molar-refractivity contribution in [2.75, 3.05) is 13.7 Å². The van der Waals surface area contributed by atoms with E-state index in [1.807, 2.05) is 43.0 Å². The molecule has 0 saturated carbocycles. The van der Waals surface area contributed by atoms with Crippen LogP contribution in [-0.2, 0) is 11.3 Å². The van der Waals surface area contributed by atoms with Crippen molar-refractivity contribution in [2.45, 2.75) is 45.1 Å². The Morgan fingerprint density at radius 2 is 2.17 bits per heavy atom. The van der Waals surface area contributed by atoms with Gasteiger partial charge in [-0.2, -0.15) is 4.98 Å². The van der Waals surface area contributed by atoms with E-state index in [2.05, 4.69) is 10.1 Å². The number of hydrogen-bond acceptors (Lipinski definition) is 5. The zero-order chi connectivity index (χ0) is 17.1. The van der Waals surface area contributed by atoms with Crippen molar-refractivity contribution >= 4 is 5.91 Å². The van der Waals surface area contributed by atoms with Gasteiger partial charge in [-0.3, -0.25) is 4.79 Å². The molecule has 2 aromatic rings. The number of ether oxygens (including phenoxy) is 1. The van der Waals surface area contributed by atoms with Gasteiger partial charge in [-0.15, -0.1) is 0 Å². The number of amides is 1. The van der Waals surface area contributed by atoms with Crippen molar-refractivity contribution in [1.82, 2.24) is 15.0 Å². The third-order valence-electron chi connectivity index (χ3n) is 4.38. The molecule has 1 atom stereocenters. The van der Waals surface area contributed by atoms with E-state index in [1.165, 1.54) is 0 Å². The molecule has 1 aromatic heterocycles. The minimum atomic E-state index is 0.0948.